The molecule has 4 N–H and O–H groups in total. The molecule has 3 amide bonds. The van der Waals surface area contributed by atoms with Gasteiger partial charge < -0.3 is 21.3 Å². The van der Waals surface area contributed by atoms with E-state index in [1.165, 1.54) is 32.0 Å². The van der Waals surface area contributed by atoms with Gasteiger partial charge in [-0.05, 0) is 136 Å². The molecule has 0 aliphatic rings. The zero-order chi connectivity index (χ0) is 45.4. The molecule has 0 radical (unpaired) electrons. The minimum Gasteiger partial charge on any atom is -0.355 e. The van der Waals surface area contributed by atoms with E-state index >= 15 is 0 Å². The molecule has 5 rings (SSSR count). The average Bonchev–Trinajstić information content (AvgIpc) is 3.20. The average molecular weight is 915 g/mol. The third kappa shape index (κ3) is 12.0. The van der Waals surface area contributed by atoms with Crippen molar-refractivity contribution in [2.24, 2.45) is 20.5 Å². The first kappa shape index (κ1) is 46.8. The standard InChI is InChI=1S/C45H40Cl4N8O5/c1-22-8-12-31(46)20-37(22)50-26(5)29-10-14-33(48)39(18-29)54-56-41(27(6)58)44(61)52-35-16-25(4)36(17-24(35)3)53-45(62)42(28(7)59)57-55-40-19-30(11-15-34(40)49)43(60)51-38-21-32(47)13-9-23(38)2/h8-21,41-42,50H,5H2,1-4,6-7H3,(H,51,60)(H,52,61)(H,53,62). The number of amides is 3. The van der Waals surface area contributed by atoms with Crippen LogP contribution in [0.4, 0.5) is 34.1 Å². The second-order valence-corrected chi connectivity index (χ2v) is 15.9. The molecule has 0 bridgehead atoms. The molecule has 0 fully saturated rings. The Labute approximate surface area is 378 Å². The van der Waals surface area contributed by atoms with Crippen molar-refractivity contribution in [3.8, 4) is 0 Å². The van der Waals surface area contributed by atoms with Gasteiger partial charge in [-0.25, -0.2) is 0 Å². The van der Waals surface area contributed by atoms with Gasteiger partial charge in [0.25, 0.3) is 17.7 Å². The van der Waals surface area contributed by atoms with Crippen molar-refractivity contribution < 1.29 is 24.0 Å². The van der Waals surface area contributed by atoms with Crippen LogP contribution in [0.1, 0.15) is 52.0 Å². The molecule has 318 valence electrons. The summed E-state index contributed by atoms with van der Waals surface area (Å²) in [4.78, 5) is 65.2. The summed E-state index contributed by atoms with van der Waals surface area (Å²) in [5.41, 5.74) is 6.28. The molecule has 0 saturated carbocycles. The highest BCUT2D eigenvalue weighted by atomic mass is 35.5. The Hall–Kier alpha value is -6.25. The lowest BCUT2D eigenvalue weighted by Gasteiger charge is -2.16. The van der Waals surface area contributed by atoms with Gasteiger partial charge in [-0.1, -0.05) is 71.2 Å². The highest BCUT2D eigenvalue weighted by Crippen LogP contribution is 2.32. The number of nitrogens with one attached hydrogen (secondary N) is 4. The molecule has 2 atom stereocenters. The van der Waals surface area contributed by atoms with Crippen molar-refractivity contribution in [1.29, 1.82) is 0 Å². The minimum absolute atomic E-state index is 0.0523. The highest BCUT2D eigenvalue weighted by molar-refractivity contribution is 6.33. The number of carbonyl (C=O) groups is 5. The fourth-order valence-electron chi connectivity index (χ4n) is 5.76. The molecular weight excluding hydrogens is 874 g/mol. The van der Waals surface area contributed by atoms with Crippen LogP contribution < -0.4 is 21.3 Å². The van der Waals surface area contributed by atoms with Gasteiger partial charge in [-0.15, -0.1) is 0 Å². The molecule has 5 aromatic rings. The van der Waals surface area contributed by atoms with Crippen LogP contribution in [0.3, 0.4) is 0 Å². The van der Waals surface area contributed by atoms with Crippen molar-refractivity contribution in [1.82, 2.24) is 0 Å². The number of anilines is 4. The second kappa shape index (κ2) is 20.5. The lowest BCUT2D eigenvalue weighted by atomic mass is 10.1. The van der Waals surface area contributed by atoms with Crippen molar-refractivity contribution in [2.75, 3.05) is 21.3 Å². The van der Waals surface area contributed by atoms with E-state index in [2.05, 4.69) is 48.3 Å². The Morgan fingerprint density at radius 3 is 1.35 bits per heavy atom. The van der Waals surface area contributed by atoms with E-state index < -0.39 is 41.4 Å². The Morgan fingerprint density at radius 1 is 0.500 bits per heavy atom. The summed E-state index contributed by atoms with van der Waals surface area (Å²) in [5, 5.41) is 29.1. The molecular formula is C45H40Cl4N8O5. The second-order valence-electron chi connectivity index (χ2n) is 14.2. The number of hydrogen-bond donors (Lipinski definition) is 4. The highest BCUT2D eigenvalue weighted by Gasteiger charge is 2.26. The van der Waals surface area contributed by atoms with Gasteiger partial charge >= 0.3 is 0 Å². The molecule has 0 spiro atoms. The van der Waals surface area contributed by atoms with E-state index in [4.69, 9.17) is 46.4 Å². The number of halogens is 4. The summed E-state index contributed by atoms with van der Waals surface area (Å²) in [5.74, 6) is -3.21. The molecule has 5 aromatic carbocycles. The summed E-state index contributed by atoms with van der Waals surface area (Å²) in [6, 6.07) is 19.9. The van der Waals surface area contributed by atoms with Crippen molar-refractivity contribution in [3.63, 3.8) is 0 Å². The summed E-state index contributed by atoms with van der Waals surface area (Å²) in [6.45, 7) is 13.6. The van der Waals surface area contributed by atoms with E-state index in [0.29, 0.717) is 49.5 Å². The van der Waals surface area contributed by atoms with Gasteiger partial charge in [0.15, 0.2) is 11.6 Å². The molecule has 0 aromatic heterocycles. The SMILES string of the molecule is C=C(Nc1cc(Cl)ccc1C)c1ccc(Cl)c(N=NC(C(C)=O)C(=O)Nc2cc(C)c(NC(=O)C(N=Nc3cc(C(=O)Nc4cc(Cl)ccc4C)ccc3Cl)C(C)=O)cc2C)c1. The number of aryl methyl sites for hydroxylation is 4. The number of azo groups is 2. The molecule has 13 nitrogen and oxygen atoms in total. The normalized spacial score (nSPS) is 12.2. The third-order valence-corrected chi connectivity index (χ3v) is 10.5. The largest absolute Gasteiger partial charge is 0.355 e. The van der Waals surface area contributed by atoms with Gasteiger partial charge in [0.2, 0.25) is 12.1 Å². The van der Waals surface area contributed by atoms with Crippen molar-refractivity contribution in [2.45, 2.75) is 53.6 Å². The molecule has 0 aliphatic carbocycles. The van der Waals surface area contributed by atoms with Crippen LogP contribution in [-0.4, -0.2) is 41.4 Å². The smallest absolute Gasteiger partial charge is 0.258 e. The first-order chi connectivity index (χ1) is 29.3. The van der Waals surface area contributed by atoms with Crippen LogP contribution in [0.15, 0.2) is 112 Å². The molecule has 0 heterocycles. The molecule has 17 heteroatoms. The number of hydrogen-bond acceptors (Lipinski definition) is 10. The molecule has 0 saturated heterocycles. The number of benzene rings is 5. The lowest BCUT2D eigenvalue weighted by molar-refractivity contribution is -0.127. The van der Waals surface area contributed by atoms with Crippen LogP contribution in [-0.2, 0) is 19.2 Å². The first-order valence-electron chi connectivity index (χ1n) is 18.8. The third-order valence-electron chi connectivity index (χ3n) is 9.35. The number of ketones is 2. The lowest BCUT2D eigenvalue weighted by Crippen LogP contribution is -2.32. The summed E-state index contributed by atoms with van der Waals surface area (Å²) < 4.78 is 0. The Bertz CT molecular complexity index is 2520. The van der Waals surface area contributed by atoms with Crippen LogP contribution >= 0.6 is 46.4 Å². The maximum Gasteiger partial charge on any atom is 0.258 e. The minimum atomic E-state index is -1.57. The van der Waals surface area contributed by atoms with Gasteiger partial charge in [-0.3, -0.25) is 24.0 Å². The van der Waals surface area contributed by atoms with E-state index in [-0.39, 0.29) is 27.0 Å². The summed E-state index contributed by atoms with van der Waals surface area (Å²) >= 11 is 25.0. The van der Waals surface area contributed by atoms with Crippen LogP contribution in [0.5, 0.6) is 0 Å². The number of carbonyl (C=O) groups excluding carboxylic acids is 5. The van der Waals surface area contributed by atoms with E-state index in [0.717, 1.165) is 16.8 Å². The Balaban J connectivity index is 1.27. The van der Waals surface area contributed by atoms with E-state index in [1.54, 1.807) is 74.5 Å². The Kier molecular flexibility index (Phi) is 15.5. The summed E-state index contributed by atoms with van der Waals surface area (Å²) in [7, 11) is 0. The van der Waals surface area contributed by atoms with E-state index in [9.17, 15) is 24.0 Å². The number of nitrogens with zero attached hydrogens (tertiary/aromatic N) is 4. The fourth-order valence-corrected chi connectivity index (χ4v) is 6.41. The predicted octanol–water partition coefficient (Wildman–Crippen LogP) is 12.2. The topological polar surface area (TPSA) is 183 Å². The zero-order valence-corrected chi connectivity index (χ0v) is 37.3. The van der Waals surface area contributed by atoms with Crippen LogP contribution in [0, 0.1) is 27.7 Å². The van der Waals surface area contributed by atoms with Crippen LogP contribution in [0.2, 0.25) is 20.1 Å². The van der Waals surface area contributed by atoms with Gasteiger partial charge in [0.05, 0.1) is 10.0 Å². The Morgan fingerprint density at radius 2 is 0.903 bits per heavy atom. The van der Waals surface area contributed by atoms with Crippen molar-refractivity contribution in [3.05, 3.63) is 145 Å². The zero-order valence-electron chi connectivity index (χ0n) is 34.3. The fraction of sp³-hybridized carbons (Fsp3) is 0.178. The maximum atomic E-state index is 13.4. The molecule has 2 unspecified atom stereocenters. The maximum absolute atomic E-state index is 13.4. The first-order valence-corrected chi connectivity index (χ1v) is 20.3. The number of rotatable bonds is 15. The van der Waals surface area contributed by atoms with E-state index in [1.807, 2.05) is 19.9 Å². The predicted molar refractivity (Wildman–Crippen MR) is 247 cm³/mol. The number of Topliss-reactive ketones (excluding diaryl/α,β-unsaturated/α-hetero) is 2. The molecule has 0 aliphatic heterocycles. The molecule has 62 heavy (non-hydrogen) atoms. The van der Waals surface area contributed by atoms with Crippen LogP contribution in [0.25, 0.3) is 5.70 Å². The summed E-state index contributed by atoms with van der Waals surface area (Å²) in [6.07, 6.45) is 0. The van der Waals surface area contributed by atoms with Gasteiger partial charge in [-0.2, -0.15) is 20.5 Å². The monoisotopic (exact) mass is 912 g/mol. The quantitative estimate of drug-likeness (QED) is 0.0598. The van der Waals surface area contributed by atoms with Crippen molar-refractivity contribution >= 4 is 116 Å². The van der Waals surface area contributed by atoms with Gasteiger partial charge in [0, 0.05) is 44.1 Å². The van der Waals surface area contributed by atoms with Gasteiger partial charge in [0.1, 0.15) is 11.4 Å².